The highest BCUT2D eigenvalue weighted by Crippen LogP contribution is 1.99. The summed E-state index contributed by atoms with van der Waals surface area (Å²) in [6, 6.07) is 0.00584. The number of hydrogen-bond donors (Lipinski definition) is 1. The summed E-state index contributed by atoms with van der Waals surface area (Å²) in [5, 5.41) is 2.89. The Bertz CT molecular complexity index is 348. The zero-order chi connectivity index (χ0) is 12.7. The van der Waals surface area contributed by atoms with E-state index in [-0.39, 0.29) is 6.03 Å². The van der Waals surface area contributed by atoms with Crippen molar-refractivity contribution in [3.05, 3.63) is 18.2 Å². The standard InChI is InChI=1S/C12H22N4O/c1-4-15(3)12(17)14-7-5-6-9-16-10-8-13-11(16)2/h8,10H,4-7,9H2,1-3H3,(H,14,17). The van der Waals surface area contributed by atoms with Crippen LogP contribution in [0.5, 0.6) is 0 Å². The van der Waals surface area contributed by atoms with Crippen molar-refractivity contribution in [2.24, 2.45) is 0 Å². The van der Waals surface area contributed by atoms with Crippen molar-refractivity contribution in [3.8, 4) is 0 Å². The molecule has 1 aromatic heterocycles. The van der Waals surface area contributed by atoms with Crippen LogP contribution in [0.4, 0.5) is 4.79 Å². The average Bonchev–Trinajstić information content (AvgIpc) is 2.73. The molecule has 0 aliphatic rings. The van der Waals surface area contributed by atoms with Crippen molar-refractivity contribution >= 4 is 6.03 Å². The van der Waals surface area contributed by atoms with Crippen LogP contribution < -0.4 is 5.32 Å². The lowest BCUT2D eigenvalue weighted by molar-refractivity contribution is 0.211. The van der Waals surface area contributed by atoms with Crippen LogP contribution in [-0.2, 0) is 6.54 Å². The van der Waals surface area contributed by atoms with E-state index in [1.54, 1.807) is 11.9 Å². The van der Waals surface area contributed by atoms with Crippen LogP contribution in [0.2, 0.25) is 0 Å². The summed E-state index contributed by atoms with van der Waals surface area (Å²) in [6.07, 6.45) is 5.83. The summed E-state index contributed by atoms with van der Waals surface area (Å²) in [5.41, 5.74) is 0. The van der Waals surface area contributed by atoms with Gasteiger partial charge in [0.05, 0.1) is 0 Å². The zero-order valence-electron chi connectivity index (χ0n) is 10.9. The molecule has 96 valence electrons. The van der Waals surface area contributed by atoms with E-state index in [9.17, 15) is 4.79 Å². The van der Waals surface area contributed by atoms with E-state index in [1.165, 1.54) is 0 Å². The second kappa shape index (κ2) is 6.93. The van der Waals surface area contributed by atoms with E-state index in [4.69, 9.17) is 0 Å². The number of nitrogens with one attached hydrogen (secondary N) is 1. The number of aryl methyl sites for hydroxylation is 2. The summed E-state index contributed by atoms with van der Waals surface area (Å²) >= 11 is 0. The Balaban J connectivity index is 2.09. The van der Waals surface area contributed by atoms with Gasteiger partial charge in [0.25, 0.3) is 0 Å². The molecular weight excluding hydrogens is 216 g/mol. The highest BCUT2D eigenvalue weighted by molar-refractivity contribution is 5.73. The smallest absolute Gasteiger partial charge is 0.317 e. The Labute approximate surface area is 103 Å². The molecule has 0 fully saturated rings. The summed E-state index contributed by atoms with van der Waals surface area (Å²) in [4.78, 5) is 17.3. The number of rotatable bonds is 6. The van der Waals surface area contributed by atoms with E-state index in [2.05, 4.69) is 14.9 Å². The number of carbonyl (C=O) groups excluding carboxylic acids is 1. The van der Waals surface area contributed by atoms with Gasteiger partial charge >= 0.3 is 6.03 Å². The number of amides is 2. The van der Waals surface area contributed by atoms with E-state index in [0.29, 0.717) is 0 Å². The maximum atomic E-state index is 11.4. The predicted octanol–water partition coefficient (Wildman–Crippen LogP) is 1.63. The number of nitrogens with zero attached hydrogens (tertiary/aromatic N) is 3. The molecule has 17 heavy (non-hydrogen) atoms. The second-order valence-electron chi connectivity index (χ2n) is 4.12. The quantitative estimate of drug-likeness (QED) is 0.766. The van der Waals surface area contributed by atoms with Crippen molar-refractivity contribution < 1.29 is 4.79 Å². The van der Waals surface area contributed by atoms with Crippen LogP contribution in [0.25, 0.3) is 0 Å². The molecule has 1 heterocycles. The fraction of sp³-hybridized carbons (Fsp3) is 0.667. The molecule has 2 amide bonds. The van der Waals surface area contributed by atoms with Crippen LogP contribution in [0.1, 0.15) is 25.6 Å². The Morgan fingerprint density at radius 3 is 2.88 bits per heavy atom. The van der Waals surface area contributed by atoms with Crippen molar-refractivity contribution in [1.29, 1.82) is 0 Å². The fourth-order valence-electron chi connectivity index (χ4n) is 1.52. The first-order valence-corrected chi connectivity index (χ1v) is 6.12. The van der Waals surface area contributed by atoms with E-state index in [0.717, 1.165) is 38.3 Å². The first kappa shape index (κ1) is 13.5. The molecule has 5 heteroatoms. The summed E-state index contributed by atoms with van der Waals surface area (Å²) < 4.78 is 2.12. The van der Waals surface area contributed by atoms with E-state index >= 15 is 0 Å². The van der Waals surface area contributed by atoms with Crippen molar-refractivity contribution in [2.75, 3.05) is 20.1 Å². The summed E-state index contributed by atoms with van der Waals surface area (Å²) in [6.45, 7) is 6.39. The van der Waals surface area contributed by atoms with Gasteiger partial charge in [-0.3, -0.25) is 0 Å². The molecule has 5 nitrogen and oxygen atoms in total. The largest absolute Gasteiger partial charge is 0.338 e. The third kappa shape index (κ3) is 4.46. The number of aromatic nitrogens is 2. The number of imidazole rings is 1. The second-order valence-corrected chi connectivity index (χ2v) is 4.12. The summed E-state index contributed by atoms with van der Waals surface area (Å²) in [7, 11) is 1.80. The van der Waals surface area contributed by atoms with Crippen LogP contribution in [0.15, 0.2) is 12.4 Å². The first-order valence-electron chi connectivity index (χ1n) is 6.12. The fourth-order valence-corrected chi connectivity index (χ4v) is 1.52. The molecule has 0 unspecified atom stereocenters. The van der Waals surface area contributed by atoms with Gasteiger partial charge in [-0.15, -0.1) is 0 Å². The van der Waals surface area contributed by atoms with Crippen LogP contribution >= 0.6 is 0 Å². The molecule has 1 N–H and O–H groups in total. The first-order chi connectivity index (χ1) is 8.15. The van der Waals surface area contributed by atoms with Gasteiger partial charge in [0.2, 0.25) is 0 Å². The van der Waals surface area contributed by atoms with Crippen LogP contribution in [0, 0.1) is 6.92 Å². The predicted molar refractivity (Wildman–Crippen MR) is 67.9 cm³/mol. The number of carbonyl (C=O) groups is 1. The van der Waals surface area contributed by atoms with E-state index in [1.807, 2.05) is 26.2 Å². The normalized spacial score (nSPS) is 10.3. The minimum absolute atomic E-state index is 0.00584. The number of unbranched alkanes of at least 4 members (excludes halogenated alkanes) is 1. The summed E-state index contributed by atoms with van der Waals surface area (Å²) in [5.74, 6) is 1.04. The molecule has 0 aromatic carbocycles. The average molecular weight is 238 g/mol. The molecule has 1 aromatic rings. The molecular formula is C12H22N4O. The zero-order valence-corrected chi connectivity index (χ0v) is 10.9. The maximum absolute atomic E-state index is 11.4. The third-order valence-corrected chi connectivity index (χ3v) is 2.85. The van der Waals surface area contributed by atoms with Gasteiger partial charge in [0, 0.05) is 39.1 Å². The highest BCUT2D eigenvalue weighted by Gasteiger charge is 2.03. The minimum atomic E-state index is 0.00584. The molecule has 0 saturated carbocycles. The topological polar surface area (TPSA) is 50.2 Å². The third-order valence-electron chi connectivity index (χ3n) is 2.85. The Hall–Kier alpha value is -1.52. The van der Waals surface area contributed by atoms with E-state index < -0.39 is 0 Å². The van der Waals surface area contributed by atoms with Gasteiger partial charge in [0.15, 0.2) is 0 Å². The van der Waals surface area contributed by atoms with Crippen molar-refractivity contribution in [1.82, 2.24) is 19.8 Å². The van der Waals surface area contributed by atoms with Gasteiger partial charge in [-0.25, -0.2) is 9.78 Å². The van der Waals surface area contributed by atoms with Crippen LogP contribution in [-0.4, -0.2) is 40.6 Å². The minimum Gasteiger partial charge on any atom is -0.338 e. The Morgan fingerprint density at radius 2 is 2.29 bits per heavy atom. The molecule has 0 atom stereocenters. The molecule has 0 radical (unpaired) electrons. The molecule has 1 rings (SSSR count). The molecule has 0 bridgehead atoms. The van der Waals surface area contributed by atoms with Crippen molar-refractivity contribution in [2.45, 2.75) is 33.2 Å². The molecule has 0 aliphatic carbocycles. The molecule has 0 spiro atoms. The van der Waals surface area contributed by atoms with Gasteiger partial charge in [-0.05, 0) is 26.7 Å². The number of hydrogen-bond acceptors (Lipinski definition) is 2. The van der Waals surface area contributed by atoms with Gasteiger partial charge < -0.3 is 14.8 Å². The SMILES string of the molecule is CCN(C)C(=O)NCCCCn1ccnc1C. The van der Waals surface area contributed by atoms with Crippen LogP contribution in [0.3, 0.4) is 0 Å². The molecule has 0 aliphatic heterocycles. The highest BCUT2D eigenvalue weighted by atomic mass is 16.2. The number of urea groups is 1. The Kier molecular flexibility index (Phi) is 5.52. The molecule has 0 saturated heterocycles. The van der Waals surface area contributed by atoms with Gasteiger partial charge in [0.1, 0.15) is 5.82 Å². The Morgan fingerprint density at radius 1 is 1.53 bits per heavy atom. The van der Waals surface area contributed by atoms with Gasteiger partial charge in [-0.2, -0.15) is 0 Å². The van der Waals surface area contributed by atoms with Gasteiger partial charge in [-0.1, -0.05) is 0 Å². The lowest BCUT2D eigenvalue weighted by atomic mass is 10.3. The lowest BCUT2D eigenvalue weighted by Crippen LogP contribution is -2.37. The lowest BCUT2D eigenvalue weighted by Gasteiger charge is -2.15. The monoisotopic (exact) mass is 238 g/mol. The van der Waals surface area contributed by atoms with Crippen molar-refractivity contribution in [3.63, 3.8) is 0 Å². The maximum Gasteiger partial charge on any atom is 0.317 e.